The van der Waals surface area contributed by atoms with Crippen molar-refractivity contribution in [1.82, 2.24) is 10.1 Å². The van der Waals surface area contributed by atoms with Crippen LogP contribution in [0.15, 0.2) is 22.9 Å². The molecule has 0 N–H and O–H groups in total. The fraction of sp³-hybridized carbons (Fsp3) is 0.455. The van der Waals surface area contributed by atoms with Gasteiger partial charge in [0.25, 0.3) is 0 Å². The van der Waals surface area contributed by atoms with E-state index in [0.717, 1.165) is 23.2 Å². The van der Waals surface area contributed by atoms with Crippen molar-refractivity contribution in [3.05, 3.63) is 24.0 Å². The van der Waals surface area contributed by atoms with Crippen molar-refractivity contribution < 1.29 is 4.52 Å². The van der Waals surface area contributed by atoms with Crippen molar-refractivity contribution in [1.29, 1.82) is 0 Å². The van der Waals surface area contributed by atoms with E-state index in [2.05, 4.69) is 30.9 Å². The fourth-order valence-corrected chi connectivity index (χ4v) is 1.45. The lowest BCUT2D eigenvalue weighted by Gasteiger charge is -2.16. The zero-order valence-electron chi connectivity index (χ0n) is 8.74. The van der Waals surface area contributed by atoms with Crippen LogP contribution in [-0.4, -0.2) is 10.1 Å². The van der Waals surface area contributed by atoms with Gasteiger partial charge in [-0.05, 0) is 24.0 Å². The Kier molecular flexibility index (Phi) is 2.02. The Morgan fingerprint density at radius 1 is 1.29 bits per heavy atom. The zero-order chi connectivity index (χ0) is 10.2. The first-order valence-electron chi connectivity index (χ1n) is 4.75. The second kappa shape index (κ2) is 3.08. The SMILES string of the molecule is CC(C)(C)Cc1ccc2oncc2n1. The van der Waals surface area contributed by atoms with Crippen molar-refractivity contribution in [2.45, 2.75) is 27.2 Å². The van der Waals surface area contributed by atoms with E-state index < -0.39 is 0 Å². The van der Waals surface area contributed by atoms with Gasteiger partial charge < -0.3 is 4.52 Å². The van der Waals surface area contributed by atoms with Crippen molar-refractivity contribution in [3.63, 3.8) is 0 Å². The molecule has 3 heteroatoms. The Labute approximate surface area is 83.1 Å². The predicted octanol–water partition coefficient (Wildman–Crippen LogP) is 2.81. The zero-order valence-corrected chi connectivity index (χ0v) is 8.74. The molecule has 2 aromatic rings. The second-order valence-corrected chi connectivity index (χ2v) is 4.75. The van der Waals surface area contributed by atoms with E-state index in [1.165, 1.54) is 0 Å². The molecule has 0 bridgehead atoms. The molecule has 0 aromatic carbocycles. The van der Waals surface area contributed by atoms with Crippen LogP contribution in [0, 0.1) is 5.41 Å². The number of hydrogen-bond donors (Lipinski definition) is 0. The molecular weight excluding hydrogens is 176 g/mol. The Morgan fingerprint density at radius 2 is 2.07 bits per heavy atom. The number of hydrogen-bond acceptors (Lipinski definition) is 3. The number of nitrogens with zero attached hydrogens (tertiary/aromatic N) is 2. The molecule has 0 fully saturated rings. The van der Waals surface area contributed by atoms with Gasteiger partial charge in [-0.3, -0.25) is 0 Å². The molecule has 2 aromatic heterocycles. The number of pyridine rings is 1. The molecule has 2 rings (SSSR count). The maximum absolute atomic E-state index is 4.99. The normalized spacial score (nSPS) is 12.2. The van der Waals surface area contributed by atoms with Gasteiger partial charge in [0.15, 0.2) is 5.58 Å². The van der Waals surface area contributed by atoms with Gasteiger partial charge in [0.1, 0.15) is 5.52 Å². The molecule has 14 heavy (non-hydrogen) atoms. The van der Waals surface area contributed by atoms with Crippen LogP contribution in [-0.2, 0) is 6.42 Å². The number of aromatic nitrogens is 2. The van der Waals surface area contributed by atoms with Gasteiger partial charge in [-0.25, -0.2) is 4.98 Å². The molecule has 0 amide bonds. The summed E-state index contributed by atoms with van der Waals surface area (Å²) in [5.41, 5.74) is 2.94. The van der Waals surface area contributed by atoms with Gasteiger partial charge in [0.05, 0.1) is 6.20 Å². The average molecular weight is 190 g/mol. The van der Waals surface area contributed by atoms with E-state index in [4.69, 9.17) is 4.52 Å². The minimum absolute atomic E-state index is 0.262. The van der Waals surface area contributed by atoms with E-state index in [9.17, 15) is 0 Å². The molecule has 2 heterocycles. The van der Waals surface area contributed by atoms with Crippen molar-refractivity contribution in [2.24, 2.45) is 5.41 Å². The number of rotatable bonds is 1. The van der Waals surface area contributed by atoms with E-state index in [1.54, 1.807) is 6.20 Å². The van der Waals surface area contributed by atoms with Crippen LogP contribution in [0.5, 0.6) is 0 Å². The van der Waals surface area contributed by atoms with Gasteiger partial charge in [-0.1, -0.05) is 25.9 Å². The first kappa shape index (κ1) is 9.19. The highest BCUT2D eigenvalue weighted by Gasteiger charge is 2.12. The smallest absolute Gasteiger partial charge is 0.185 e. The highest BCUT2D eigenvalue weighted by atomic mass is 16.5. The van der Waals surface area contributed by atoms with Gasteiger partial charge in [-0.2, -0.15) is 0 Å². The van der Waals surface area contributed by atoms with E-state index in [-0.39, 0.29) is 5.41 Å². The van der Waals surface area contributed by atoms with Crippen LogP contribution < -0.4 is 0 Å². The van der Waals surface area contributed by atoms with Gasteiger partial charge in [0.2, 0.25) is 0 Å². The van der Waals surface area contributed by atoms with Crippen molar-refractivity contribution in [3.8, 4) is 0 Å². The second-order valence-electron chi connectivity index (χ2n) is 4.75. The quantitative estimate of drug-likeness (QED) is 0.694. The minimum atomic E-state index is 0.262. The van der Waals surface area contributed by atoms with Crippen LogP contribution in [0.2, 0.25) is 0 Å². The summed E-state index contributed by atoms with van der Waals surface area (Å²) < 4.78 is 4.99. The molecule has 0 saturated carbocycles. The molecule has 0 aliphatic carbocycles. The molecule has 74 valence electrons. The van der Waals surface area contributed by atoms with Gasteiger partial charge in [-0.15, -0.1) is 0 Å². The lowest BCUT2D eigenvalue weighted by atomic mass is 9.90. The van der Waals surface area contributed by atoms with Crippen LogP contribution in [0.3, 0.4) is 0 Å². The largest absolute Gasteiger partial charge is 0.355 e. The summed E-state index contributed by atoms with van der Waals surface area (Å²) >= 11 is 0. The van der Waals surface area contributed by atoms with Crippen LogP contribution in [0.25, 0.3) is 11.1 Å². The van der Waals surface area contributed by atoms with E-state index in [1.807, 2.05) is 12.1 Å². The summed E-state index contributed by atoms with van der Waals surface area (Å²) in [6, 6.07) is 3.93. The molecule has 0 unspecified atom stereocenters. The summed E-state index contributed by atoms with van der Waals surface area (Å²) in [5.74, 6) is 0. The summed E-state index contributed by atoms with van der Waals surface area (Å²) in [4.78, 5) is 4.46. The Hall–Kier alpha value is -1.38. The summed E-state index contributed by atoms with van der Waals surface area (Å²) in [7, 11) is 0. The maximum Gasteiger partial charge on any atom is 0.185 e. The van der Waals surface area contributed by atoms with E-state index in [0.29, 0.717) is 0 Å². The van der Waals surface area contributed by atoms with E-state index >= 15 is 0 Å². The lowest BCUT2D eigenvalue weighted by Crippen LogP contribution is -2.10. The third kappa shape index (κ3) is 1.92. The highest BCUT2D eigenvalue weighted by Crippen LogP contribution is 2.20. The molecule has 0 spiro atoms. The first-order valence-corrected chi connectivity index (χ1v) is 4.75. The topological polar surface area (TPSA) is 38.9 Å². The molecule has 0 aliphatic heterocycles. The fourth-order valence-electron chi connectivity index (χ4n) is 1.45. The Morgan fingerprint density at radius 3 is 2.79 bits per heavy atom. The monoisotopic (exact) mass is 190 g/mol. The van der Waals surface area contributed by atoms with Crippen LogP contribution in [0.4, 0.5) is 0 Å². The predicted molar refractivity (Wildman–Crippen MR) is 55.0 cm³/mol. The molecule has 0 aliphatic rings. The summed E-state index contributed by atoms with van der Waals surface area (Å²) in [6.45, 7) is 6.60. The van der Waals surface area contributed by atoms with Crippen LogP contribution in [0.1, 0.15) is 26.5 Å². The molecule has 0 saturated heterocycles. The van der Waals surface area contributed by atoms with Gasteiger partial charge >= 0.3 is 0 Å². The maximum atomic E-state index is 4.99. The summed E-state index contributed by atoms with van der Waals surface area (Å²) in [6.07, 6.45) is 2.62. The summed E-state index contributed by atoms with van der Waals surface area (Å²) in [5, 5.41) is 3.70. The third-order valence-electron chi connectivity index (χ3n) is 1.98. The minimum Gasteiger partial charge on any atom is -0.355 e. The number of fused-ring (bicyclic) bond motifs is 1. The van der Waals surface area contributed by atoms with Crippen LogP contribution >= 0.6 is 0 Å². The Bertz CT molecular complexity index is 440. The molecule has 3 nitrogen and oxygen atoms in total. The van der Waals surface area contributed by atoms with Crippen molar-refractivity contribution >= 4 is 11.1 Å². The Balaban J connectivity index is 2.35. The average Bonchev–Trinajstić information content (AvgIpc) is 2.47. The standard InChI is InChI=1S/C11H14N2O/c1-11(2,3)6-8-4-5-10-9(13-8)7-12-14-10/h4-5,7H,6H2,1-3H3. The third-order valence-corrected chi connectivity index (χ3v) is 1.98. The molecular formula is C11H14N2O. The van der Waals surface area contributed by atoms with Gasteiger partial charge in [0, 0.05) is 5.69 Å². The lowest BCUT2D eigenvalue weighted by molar-refractivity contribution is 0.406. The molecule has 0 atom stereocenters. The van der Waals surface area contributed by atoms with Crippen molar-refractivity contribution in [2.75, 3.05) is 0 Å². The molecule has 0 radical (unpaired) electrons. The first-order chi connectivity index (χ1) is 6.54. The highest BCUT2D eigenvalue weighted by molar-refractivity contribution is 5.70.